The lowest BCUT2D eigenvalue weighted by Crippen LogP contribution is -2.41. The summed E-state index contributed by atoms with van der Waals surface area (Å²) in [5, 5.41) is 12.1. The molecule has 1 saturated heterocycles. The van der Waals surface area contributed by atoms with Crippen LogP contribution in [0.4, 0.5) is 5.82 Å². The van der Waals surface area contributed by atoms with Crippen molar-refractivity contribution in [2.75, 3.05) is 18.4 Å². The highest BCUT2D eigenvalue weighted by atomic mass is 16.2. The van der Waals surface area contributed by atoms with Gasteiger partial charge in [0.25, 0.3) is 5.56 Å². The minimum Gasteiger partial charge on any atom is -0.343 e. The van der Waals surface area contributed by atoms with E-state index in [1.165, 1.54) is 0 Å². The van der Waals surface area contributed by atoms with Crippen LogP contribution in [0.3, 0.4) is 0 Å². The number of likely N-dealkylation sites (tertiary alicyclic amines) is 1. The molecule has 0 atom stereocenters. The number of nitrogens with zero attached hydrogens (tertiary/aromatic N) is 3. The quantitative estimate of drug-likeness (QED) is 0.768. The van der Waals surface area contributed by atoms with Gasteiger partial charge in [0.1, 0.15) is 17.5 Å². The van der Waals surface area contributed by atoms with E-state index in [2.05, 4.69) is 15.3 Å². The largest absolute Gasteiger partial charge is 0.343 e. The Morgan fingerprint density at radius 1 is 1.29 bits per heavy atom. The summed E-state index contributed by atoms with van der Waals surface area (Å²) in [6, 6.07) is 5.64. The van der Waals surface area contributed by atoms with E-state index in [1.54, 1.807) is 24.9 Å². The van der Waals surface area contributed by atoms with E-state index >= 15 is 0 Å². The van der Waals surface area contributed by atoms with Gasteiger partial charge >= 0.3 is 0 Å². The lowest BCUT2D eigenvalue weighted by atomic mass is 9.95. The topological polar surface area (TPSA) is 119 Å². The van der Waals surface area contributed by atoms with Crippen molar-refractivity contribution >= 4 is 17.6 Å². The van der Waals surface area contributed by atoms with E-state index in [0.29, 0.717) is 55.8 Å². The van der Waals surface area contributed by atoms with Gasteiger partial charge in [-0.3, -0.25) is 14.4 Å². The number of aryl methyl sites for hydroxylation is 2. The Hall–Kier alpha value is -3.47. The Kier molecular flexibility index (Phi) is 6.85. The molecule has 2 aromatic heterocycles. The Labute approximate surface area is 181 Å². The van der Waals surface area contributed by atoms with Crippen molar-refractivity contribution in [3.8, 4) is 6.07 Å². The standard InChI is InChI=1S/C23H27N5O3/c1-14-6-9-25-20(12-14)27-22(30)17-7-10-28(11-8-17)21(29)5-4-18-15(2)19(13-24)23(31)26-16(18)3/h6,9,12,17H,4-5,7-8,10-11H2,1-3H3,(H,26,31)(H,25,27,30). The average molecular weight is 422 g/mol. The minimum absolute atomic E-state index is 0.0164. The number of H-pyrrole nitrogens is 1. The zero-order valence-corrected chi connectivity index (χ0v) is 18.1. The number of hydrogen-bond donors (Lipinski definition) is 2. The van der Waals surface area contributed by atoms with Crippen molar-refractivity contribution in [2.24, 2.45) is 5.92 Å². The molecule has 0 aromatic carbocycles. The third-order valence-corrected chi connectivity index (χ3v) is 5.89. The lowest BCUT2D eigenvalue weighted by Gasteiger charge is -2.31. The summed E-state index contributed by atoms with van der Waals surface area (Å²) < 4.78 is 0. The van der Waals surface area contributed by atoms with Gasteiger partial charge < -0.3 is 15.2 Å². The van der Waals surface area contributed by atoms with Gasteiger partial charge in [-0.2, -0.15) is 5.26 Å². The van der Waals surface area contributed by atoms with Crippen LogP contribution in [0, 0.1) is 38.0 Å². The van der Waals surface area contributed by atoms with Crippen molar-refractivity contribution in [1.82, 2.24) is 14.9 Å². The summed E-state index contributed by atoms with van der Waals surface area (Å²) in [5.74, 6) is 0.358. The summed E-state index contributed by atoms with van der Waals surface area (Å²) in [6.07, 6.45) is 3.64. The zero-order valence-electron chi connectivity index (χ0n) is 18.1. The number of carbonyl (C=O) groups is 2. The first-order chi connectivity index (χ1) is 14.8. The Morgan fingerprint density at radius 3 is 2.65 bits per heavy atom. The van der Waals surface area contributed by atoms with Crippen LogP contribution >= 0.6 is 0 Å². The summed E-state index contributed by atoms with van der Waals surface area (Å²) in [6.45, 7) is 6.53. The predicted molar refractivity (Wildman–Crippen MR) is 116 cm³/mol. The molecule has 8 nitrogen and oxygen atoms in total. The number of amides is 2. The molecule has 1 aliphatic rings. The van der Waals surface area contributed by atoms with Gasteiger partial charge in [0.2, 0.25) is 11.8 Å². The third kappa shape index (κ3) is 5.18. The smallest absolute Gasteiger partial charge is 0.266 e. The second kappa shape index (κ2) is 9.56. The molecule has 3 heterocycles. The molecule has 8 heteroatoms. The molecular formula is C23H27N5O3. The molecule has 2 amide bonds. The van der Waals surface area contributed by atoms with E-state index in [0.717, 1.165) is 11.1 Å². The number of piperidine rings is 1. The van der Waals surface area contributed by atoms with Crippen LogP contribution in [0.25, 0.3) is 0 Å². The molecule has 0 unspecified atom stereocenters. The maximum Gasteiger partial charge on any atom is 0.266 e. The molecule has 2 aromatic rings. The van der Waals surface area contributed by atoms with Gasteiger partial charge in [-0.25, -0.2) is 4.98 Å². The fourth-order valence-electron chi connectivity index (χ4n) is 4.03. The molecule has 1 aliphatic heterocycles. The maximum absolute atomic E-state index is 12.7. The van der Waals surface area contributed by atoms with Gasteiger partial charge in [0, 0.05) is 37.3 Å². The van der Waals surface area contributed by atoms with Crippen LogP contribution in [-0.4, -0.2) is 39.8 Å². The molecule has 2 N–H and O–H groups in total. The number of carbonyl (C=O) groups excluding carboxylic acids is 2. The van der Waals surface area contributed by atoms with Gasteiger partial charge in [-0.15, -0.1) is 0 Å². The average Bonchev–Trinajstić information content (AvgIpc) is 2.73. The van der Waals surface area contributed by atoms with E-state index in [-0.39, 0.29) is 23.3 Å². The molecule has 0 spiro atoms. The number of anilines is 1. The summed E-state index contributed by atoms with van der Waals surface area (Å²) in [4.78, 5) is 45.7. The summed E-state index contributed by atoms with van der Waals surface area (Å²) in [7, 11) is 0. The van der Waals surface area contributed by atoms with Crippen molar-refractivity contribution in [3.05, 3.63) is 56.6 Å². The number of nitriles is 1. The number of nitrogens with one attached hydrogen (secondary N) is 2. The van der Waals surface area contributed by atoms with Crippen LogP contribution in [0.5, 0.6) is 0 Å². The van der Waals surface area contributed by atoms with Crippen molar-refractivity contribution in [1.29, 1.82) is 5.26 Å². The highest BCUT2D eigenvalue weighted by Gasteiger charge is 2.27. The minimum atomic E-state index is -0.395. The zero-order chi connectivity index (χ0) is 22.5. The Balaban J connectivity index is 1.53. The van der Waals surface area contributed by atoms with E-state index < -0.39 is 5.56 Å². The van der Waals surface area contributed by atoms with E-state index in [9.17, 15) is 19.6 Å². The molecule has 0 saturated carbocycles. The first-order valence-corrected chi connectivity index (χ1v) is 10.4. The number of rotatable bonds is 5. The van der Waals surface area contributed by atoms with E-state index in [4.69, 9.17) is 0 Å². The van der Waals surface area contributed by atoms with Crippen LogP contribution < -0.4 is 10.9 Å². The summed E-state index contributed by atoms with van der Waals surface area (Å²) in [5.41, 5.74) is 2.90. The monoisotopic (exact) mass is 421 g/mol. The third-order valence-electron chi connectivity index (χ3n) is 5.89. The predicted octanol–water partition coefficient (Wildman–Crippen LogP) is 2.38. The van der Waals surface area contributed by atoms with Crippen molar-refractivity contribution in [3.63, 3.8) is 0 Å². The number of aromatic nitrogens is 2. The fraction of sp³-hybridized carbons (Fsp3) is 0.435. The van der Waals surface area contributed by atoms with E-state index in [1.807, 2.05) is 25.1 Å². The highest BCUT2D eigenvalue weighted by molar-refractivity contribution is 5.92. The number of pyridine rings is 2. The van der Waals surface area contributed by atoms with Crippen molar-refractivity contribution < 1.29 is 9.59 Å². The molecule has 0 bridgehead atoms. The van der Waals surface area contributed by atoms with Gasteiger partial charge in [0.15, 0.2) is 0 Å². The fourth-order valence-corrected chi connectivity index (χ4v) is 4.03. The maximum atomic E-state index is 12.7. The normalized spacial score (nSPS) is 14.2. The van der Waals surface area contributed by atoms with Gasteiger partial charge in [-0.05, 0) is 68.9 Å². The molecular weight excluding hydrogens is 394 g/mol. The lowest BCUT2D eigenvalue weighted by molar-refractivity contribution is -0.134. The molecule has 162 valence electrons. The summed E-state index contributed by atoms with van der Waals surface area (Å²) >= 11 is 0. The highest BCUT2D eigenvalue weighted by Crippen LogP contribution is 2.21. The molecule has 0 radical (unpaired) electrons. The van der Waals surface area contributed by atoms with Crippen LogP contribution in [-0.2, 0) is 16.0 Å². The number of aromatic amines is 1. The first-order valence-electron chi connectivity index (χ1n) is 10.4. The van der Waals surface area contributed by atoms with Crippen molar-refractivity contribution in [2.45, 2.75) is 46.5 Å². The van der Waals surface area contributed by atoms with Crippen LogP contribution in [0.2, 0.25) is 0 Å². The molecule has 0 aliphatic carbocycles. The van der Waals surface area contributed by atoms with Crippen LogP contribution in [0.1, 0.15) is 47.2 Å². The Bertz CT molecular complexity index is 1090. The molecule has 1 fully saturated rings. The first kappa shape index (κ1) is 22.2. The molecule has 3 rings (SSSR count). The van der Waals surface area contributed by atoms with Gasteiger partial charge in [-0.1, -0.05) is 0 Å². The SMILES string of the molecule is Cc1ccnc(NC(=O)C2CCN(C(=O)CCc3c(C)[nH]c(=O)c(C#N)c3C)CC2)c1. The second-order valence-corrected chi connectivity index (χ2v) is 8.03. The Morgan fingerprint density at radius 2 is 2.00 bits per heavy atom. The molecule has 31 heavy (non-hydrogen) atoms. The van der Waals surface area contributed by atoms with Crippen LogP contribution in [0.15, 0.2) is 23.1 Å². The second-order valence-electron chi connectivity index (χ2n) is 8.03. The number of hydrogen-bond acceptors (Lipinski definition) is 5. The van der Waals surface area contributed by atoms with Gasteiger partial charge in [0.05, 0.1) is 0 Å².